The molecule has 1 aliphatic heterocycles. The summed E-state index contributed by atoms with van der Waals surface area (Å²) in [7, 11) is 1.64. The number of alkyl halides is 2. The molecule has 0 aliphatic carbocycles. The van der Waals surface area contributed by atoms with Crippen LogP contribution in [0.15, 0.2) is 90.0 Å². The summed E-state index contributed by atoms with van der Waals surface area (Å²) in [5.74, 6) is -1.31. The van der Waals surface area contributed by atoms with Crippen LogP contribution < -0.4 is 29.2 Å². The molecule has 1 amide bonds. The average Bonchev–Trinajstić information content (AvgIpc) is 3.37. The lowest BCUT2D eigenvalue weighted by molar-refractivity contribution is -0.0102. The van der Waals surface area contributed by atoms with E-state index >= 15 is 0 Å². The summed E-state index contributed by atoms with van der Waals surface area (Å²) in [4.78, 5) is 24.8. The highest BCUT2D eigenvalue weighted by Crippen LogP contribution is 2.34. The highest BCUT2D eigenvalue weighted by Gasteiger charge is 2.34. The number of nitrogens with one attached hydrogen (secondary N) is 1. The van der Waals surface area contributed by atoms with Gasteiger partial charge in [-0.1, -0.05) is 36.4 Å². The Bertz CT molecular complexity index is 2200. The number of rotatable bonds is 13. The number of aromatic nitrogens is 2. The van der Waals surface area contributed by atoms with Gasteiger partial charge < -0.3 is 29.2 Å². The molecule has 3 aromatic carbocycles. The Labute approximate surface area is 312 Å². The lowest BCUT2D eigenvalue weighted by Gasteiger charge is -2.25. The molecule has 284 valence electrons. The van der Waals surface area contributed by atoms with Gasteiger partial charge in [0.1, 0.15) is 34.6 Å². The number of fused-ring (bicyclic) bond motifs is 1. The summed E-state index contributed by atoms with van der Waals surface area (Å²) >= 11 is 0. The normalized spacial score (nSPS) is 14.4. The van der Waals surface area contributed by atoms with Crippen LogP contribution in [0.25, 0.3) is 10.9 Å². The molecule has 1 saturated heterocycles. The van der Waals surface area contributed by atoms with Gasteiger partial charge in [0.15, 0.2) is 5.03 Å². The lowest BCUT2D eigenvalue weighted by atomic mass is 10.1. The molecule has 0 unspecified atom stereocenters. The zero-order valence-corrected chi connectivity index (χ0v) is 31.2. The van der Waals surface area contributed by atoms with E-state index in [0.29, 0.717) is 51.6 Å². The van der Waals surface area contributed by atoms with Gasteiger partial charge in [0.05, 0.1) is 39.5 Å². The fourth-order valence-electron chi connectivity index (χ4n) is 6.30. The first-order valence-corrected chi connectivity index (χ1v) is 18.6. The van der Waals surface area contributed by atoms with Gasteiger partial charge in [-0.05, 0) is 42.8 Å². The number of halogens is 2. The maximum Gasteiger partial charge on any atom is 0.261 e. The first-order valence-electron chi connectivity index (χ1n) is 17.2. The molecule has 54 heavy (non-hydrogen) atoms. The maximum absolute atomic E-state index is 14.5. The van der Waals surface area contributed by atoms with Crippen molar-refractivity contribution in [2.45, 2.75) is 43.3 Å². The minimum absolute atomic E-state index is 0.0123. The summed E-state index contributed by atoms with van der Waals surface area (Å²) in [6, 6.07) is 23.3. The fourth-order valence-corrected chi connectivity index (χ4v) is 7.65. The topological polar surface area (TPSA) is 132 Å². The number of carbonyl (C=O) groups is 1. The molecule has 0 radical (unpaired) electrons. The van der Waals surface area contributed by atoms with Crippen molar-refractivity contribution in [3.05, 3.63) is 102 Å². The van der Waals surface area contributed by atoms with Crippen molar-refractivity contribution in [3.63, 3.8) is 0 Å². The van der Waals surface area contributed by atoms with E-state index in [4.69, 9.17) is 23.9 Å². The predicted molar refractivity (Wildman–Crippen MR) is 200 cm³/mol. The number of pyridine rings is 2. The van der Waals surface area contributed by atoms with Crippen molar-refractivity contribution >= 4 is 38.5 Å². The van der Waals surface area contributed by atoms with E-state index in [1.807, 2.05) is 12.1 Å². The smallest absolute Gasteiger partial charge is 0.261 e. The third-order valence-electron chi connectivity index (χ3n) is 9.22. The van der Waals surface area contributed by atoms with Gasteiger partial charge in [0.25, 0.3) is 15.9 Å². The Balaban J connectivity index is 1.35. The van der Waals surface area contributed by atoms with Crippen LogP contribution in [0.2, 0.25) is 0 Å². The lowest BCUT2D eigenvalue weighted by Crippen LogP contribution is -2.31. The van der Waals surface area contributed by atoms with Crippen LogP contribution in [0, 0.1) is 0 Å². The third-order valence-corrected chi connectivity index (χ3v) is 10.9. The molecule has 0 bridgehead atoms. The second-order valence-corrected chi connectivity index (χ2v) is 14.6. The maximum atomic E-state index is 14.5. The number of anilines is 2. The van der Waals surface area contributed by atoms with Gasteiger partial charge in [0.2, 0.25) is 5.92 Å². The minimum atomic E-state index is -4.37. The summed E-state index contributed by atoms with van der Waals surface area (Å²) in [6.45, 7) is 0.0628. The van der Waals surface area contributed by atoms with E-state index in [1.165, 1.54) is 50.9 Å². The number of benzene rings is 3. The second kappa shape index (κ2) is 16.2. The van der Waals surface area contributed by atoms with Gasteiger partial charge in [-0.3, -0.25) is 4.79 Å². The molecular formula is C39H41F2N5O7S. The number of para-hydroxylation sites is 1. The highest BCUT2D eigenvalue weighted by atomic mass is 32.2. The molecule has 1 aliphatic rings. The Morgan fingerprint density at radius 3 is 2.07 bits per heavy atom. The SMILES string of the molecule is COc1ccc(CN(Cc2ccc(OC)cc2OC)S(=O)(=O)c2cccc(NC(=O)c3cc4ccccc4nc3N3CCCC(F)(F)CC3)n2)c(OC)c1. The standard InChI is InChI=1S/C39H41F2N5O7S/c1-50-29-15-13-27(33(22-29)52-3)24-46(25-28-14-16-30(51-2)23-34(28)53-4)54(48,49)36-12-7-11-35(43-36)44-38(47)31-21-26-9-5-6-10-32(26)42-37(31)45-19-8-17-39(40,41)18-20-45/h5-7,9-16,21-23H,8,17-20,24-25H2,1-4H3,(H,43,44,47). The van der Waals surface area contributed by atoms with E-state index < -0.39 is 21.9 Å². The molecule has 6 rings (SSSR count). The Hall–Kier alpha value is -5.54. The second-order valence-electron chi connectivity index (χ2n) is 12.7. The van der Waals surface area contributed by atoms with Crippen LogP contribution in [0.3, 0.4) is 0 Å². The van der Waals surface area contributed by atoms with Gasteiger partial charge in [0, 0.05) is 67.7 Å². The van der Waals surface area contributed by atoms with Crippen molar-refractivity contribution in [2.75, 3.05) is 51.7 Å². The molecule has 1 N–H and O–H groups in total. The van der Waals surface area contributed by atoms with Gasteiger partial charge in [-0.15, -0.1) is 0 Å². The first kappa shape index (κ1) is 38.2. The highest BCUT2D eigenvalue weighted by molar-refractivity contribution is 7.89. The van der Waals surface area contributed by atoms with E-state index in [1.54, 1.807) is 59.5 Å². The van der Waals surface area contributed by atoms with Gasteiger partial charge in [-0.25, -0.2) is 27.2 Å². The summed E-state index contributed by atoms with van der Waals surface area (Å²) in [6.07, 6.45) is -0.395. The average molecular weight is 762 g/mol. The third kappa shape index (κ3) is 8.47. The van der Waals surface area contributed by atoms with Crippen LogP contribution in [-0.4, -0.2) is 76.0 Å². The first-order chi connectivity index (χ1) is 25.9. The summed E-state index contributed by atoms with van der Waals surface area (Å²) in [5, 5.41) is 3.08. The van der Waals surface area contributed by atoms with Crippen LogP contribution in [0.1, 0.15) is 40.7 Å². The molecular weight excluding hydrogens is 721 g/mol. The summed E-state index contributed by atoms with van der Waals surface area (Å²) < 4.78 is 80.8. The molecule has 1 fully saturated rings. The van der Waals surface area contributed by atoms with Crippen LogP contribution >= 0.6 is 0 Å². The fraction of sp³-hybridized carbons (Fsp3) is 0.308. The Morgan fingerprint density at radius 1 is 0.796 bits per heavy atom. The molecule has 3 heterocycles. The number of amides is 1. The summed E-state index contributed by atoms with van der Waals surface area (Å²) in [5.41, 5.74) is 1.87. The monoisotopic (exact) mass is 761 g/mol. The molecule has 2 aromatic heterocycles. The minimum Gasteiger partial charge on any atom is -0.497 e. The van der Waals surface area contributed by atoms with Crippen molar-refractivity contribution in [3.8, 4) is 23.0 Å². The van der Waals surface area contributed by atoms with Crippen molar-refractivity contribution < 1.29 is 40.9 Å². The zero-order chi connectivity index (χ0) is 38.5. The molecule has 0 saturated carbocycles. The van der Waals surface area contributed by atoms with E-state index in [2.05, 4.69) is 10.3 Å². The van der Waals surface area contributed by atoms with Gasteiger partial charge in [-0.2, -0.15) is 4.31 Å². The predicted octanol–water partition coefficient (Wildman–Crippen LogP) is 6.93. The van der Waals surface area contributed by atoms with Crippen molar-refractivity contribution in [1.29, 1.82) is 0 Å². The Kier molecular flexibility index (Phi) is 11.5. The number of ether oxygens (including phenoxy) is 4. The number of carbonyl (C=O) groups excluding carboxylic acids is 1. The van der Waals surface area contributed by atoms with Crippen LogP contribution in [0.5, 0.6) is 23.0 Å². The number of hydrogen-bond acceptors (Lipinski definition) is 10. The molecule has 12 nitrogen and oxygen atoms in total. The molecule has 0 atom stereocenters. The zero-order valence-electron chi connectivity index (χ0n) is 30.3. The number of sulfonamides is 1. The number of nitrogens with zero attached hydrogens (tertiary/aromatic N) is 4. The quantitative estimate of drug-likeness (QED) is 0.135. The van der Waals surface area contributed by atoms with Crippen LogP contribution in [0.4, 0.5) is 20.4 Å². The van der Waals surface area contributed by atoms with E-state index in [0.717, 1.165) is 0 Å². The molecule has 5 aromatic rings. The van der Waals surface area contributed by atoms with Crippen LogP contribution in [-0.2, 0) is 23.1 Å². The Morgan fingerprint density at radius 2 is 1.44 bits per heavy atom. The number of hydrogen-bond donors (Lipinski definition) is 1. The van der Waals surface area contributed by atoms with E-state index in [9.17, 15) is 22.0 Å². The largest absolute Gasteiger partial charge is 0.497 e. The van der Waals surface area contributed by atoms with E-state index in [-0.39, 0.29) is 61.1 Å². The van der Waals surface area contributed by atoms with Crippen molar-refractivity contribution in [1.82, 2.24) is 14.3 Å². The number of methoxy groups -OCH3 is 4. The molecule has 15 heteroatoms. The van der Waals surface area contributed by atoms with Crippen molar-refractivity contribution in [2.24, 2.45) is 0 Å². The van der Waals surface area contributed by atoms with Gasteiger partial charge >= 0.3 is 0 Å². The molecule has 0 spiro atoms.